The third-order valence-electron chi connectivity index (χ3n) is 9.24. The molecule has 7 amide bonds. The first-order valence-electron chi connectivity index (χ1n) is 19.7. The number of carbonyl (C=O) groups is 9. The summed E-state index contributed by atoms with van der Waals surface area (Å²) in [5, 5.41) is 34.4. The van der Waals surface area contributed by atoms with Gasteiger partial charge in [-0.1, -0.05) is 32.0 Å². The number of carboxylic acid groups (broad SMARTS) is 2. The van der Waals surface area contributed by atoms with Gasteiger partial charge in [-0.15, -0.1) is 0 Å². The van der Waals surface area contributed by atoms with E-state index in [1.165, 1.54) is 0 Å². The molecule has 0 aliphatic heterocycles. The van der Waals surface area contributed by atoms with Gasteiger partial charge in [0.05, 0.1) is 6.54 Å². The fraction of sp³-hybridized carbons (Fsp3) is 0.526. The number of nitrogens with zero attached hydrogens (tertiary/aromatic N) is 1. The van der Waals surface area contributed by atoms with Gasteiger partial charge in [-0.3, -0.25) is 43.3 Å². The van der Waals surface area contributed by atoms with Crippen LogP contribution < -0.4 is 54.8 Å². The summed E-state index contributed by atoms with van der Waals surface area (Å²) in [4.78, 5) is 123. The molecule has 6 atom stereocenters. The van der Waals surface area contributed by atoms with Crippen LogP contribution in [0, 0.1) is 5.92 Å². The van der Waals surface area contributed by atoms with Gasteiger partial charge in [-0.05, 0) is 49.7 Å². The summed E-state index contributed by atoms with van der Waals surface area (Å²) in [6.07, 6.45) is -0.219. The van der Waals surface area contributed by atoms with Crippen molar-refractivity contribution in [3.05, 3.63) is 36.0 Å². The maximum Gasteiger partial charge on any atom is 0.327 e. The molecule has 23 nitrogen and oxygen atoms in total. The van der Waals surface area contributed by atoms with Crippen molar-refractivity contribution >= 4 is 82.8 Å². The molecular weight excluding hydrogens is 833 g/mol. The summed E-state index contributed by atoms with van der Waals surface area (Å²) < 4.78 is 0. The number of aliphatic imine (C=N–C) groups is 1. The maximum absolute atomic E-state index is 14.3. The van der Waals surface area contributed by atoms with Gasteiger partial charge in [0.1, 0.15) is 36.3 Å². The Balaban J connectivity index is 2.52. The monoisotopic (exact) mass is 890 g/mol. The fourth-order valence-electron chi connectivity index (χ4n) is 6.10. The number of thiol groups is 1. The highest BCUT2D eigenvalue weighted by atomic mass is 32.1. The van der Waals surface area contributed by atoms with Crippen molar-refractivity contribution in [2.45, 2.75) is 101 Å². The molecule has 2 aromatic rings. The van der Waals surface area contributed by atoms with Crippen molar-refractivity contribution in [2.75, 3.05) is 18.8 Å². The largest absolute Gasteiger partial charge is 0.481 e. The highest BCUT2D eigenvalue weighted by Gasteiger charge is 2.34. The Morgan fingerprint density at radius 3 is 1.76 bits per heavy atom. The number of para-hydroxylation sites is 1. The predicted molar refractivity (Wildman–Crippen MR) is 229 cm³/mol. The number of guanidine groups is 1. The molecule has 1 heterocycles. The van der Waals surface area contributed by atoms with Gasteiger partial charge in [-0.25, -0.2) is 4.79 Å². The van der Waals surface area contributed by atoms with Gasteiger partial charge in [0.2, 0.25) is 41.4 Å². The molecule has 0 unspecified atom stereocenters. The maximum atomic E-state index is 14.3. The number of nitrogens with two attached hydrogens (primary N) is 4. The summed E-state index contributed by atoms with van der Waals surface area (Å²) in [7, 11) is 0. The minimum atomic E-state index is -1.60. The van der Waals surface area contributed by atoms with Gasteiger partial charge in [0.25, 0.3) is 0 Å². The van der Waals surface area contributed by atoms with E-state index in [0.717, 1.165) is 0 Å². The van der Waals surface area contributed by atoms with Crippen LogP contribution in [-0.4, -0.2) is 130 Å². The Kier molecular flexibility index (Phi) is 21.7. The predicted octanol–water partition coefficient (Wildman–Crippen LogP) is -3.18. The summed E-state index contributed by atoms with van der Waals surface area (Å²) in [6, 6.07) is -1.55. The van der Waals surface area contributed by atoms with Crippen molar-refractivity contribution in [3.63, 3.8) is 0 Å². The van der Waals surface area contributed by atoms with E-state index in [1.54, 1.807) is 44.3 Å². The van der Waals surface area contributed by atoms with E-state index in [1.807, 2.05) is 0 Å². The highest BCUT2D eigenvalue weighted by molar-refractivity contribution is 7.80. The molecule has 0 bridgehead atoms. The van der Waals surface area contributed by atoms with Crippen LogP contribution >= 0.6 is 12.6 Å². The van der Waals surface area contributed by atoms with Gasteiger partial charge >= 0.3 is 11.9 Å². The second kappa shape index (κ2) is 26.0. The molecule has 0 aliphatic carbocycles. The van der Waals surface area contributed by atoms with Gasteiger partial charge in [-0.2, -0.15) is 12.6 Å². The zero-order valence-electron chi connectivity index (χ0n) is 34.5. The number of hydrogen-bond acceptors (Lipinski definition) is 12. The second-order valence-corrected chi connectivity index (χ2v) is 15.1. The van der Waals surface area contributed by atoms with Crippen molar-refractivity contribution in [1.29, 1.82) is 0 Å². The normalized spacial score (nSPS) is 13.9. The fourth-order valence-corrected chi connectivity index (χ4v) is 6.34. The number of H-pyrrole nitrogens is 1. The molecule has 0 aliphatic rings. The highest BCUT2D eigenvalue weighted by Crippen LogP contribution is 2.20. The SMILES string of the molecule is CC(C)C[C@H](NC(=O)[C@H](CCC(=O)O)NC(=O)[C@H](Cc1c[nH]c2ccccc12)NC(=O)[C@H](CCC(N)=O)NC(=O)[C@H](CCCN=C(N)N)NC(=O)CN)C(=O)N[C@@H](CS)C(=O)O. The number of fused-ring (bicyclic) bond motifs is 1. The number of primary amides is 1. The second-order valence-electron chi connectivity index (χ2n) is 14.7. The number of amides is 7. The molecule has 62 heavy (non-hydrogen) atoms. The first kappa shape index (κ1) is 51.7. The Bertz CT molecular complexity index is 1940. The summed E-state index contributed by atoms with van der Waals surface area (Å²) in [5.74, 6) is -9.50. The molecule has 1 aromatic carbocycles. The average Bonchev–Trinajstić information content (AvgIpc) is 3.61. The average molecular weight is 891 g/mol. The van der Waals surface area contributed by atoms with Crippen molar-refractivity contribution in [2.24, 2.45) is 33.8 Å². The summed E-state index contributed by atoms with van der Waals surface area (Å²) in [5.41, 5.74) is 22.8. The molecule has 17 N–H and O–H groups in total. The van der Waals surface area contributed by atoms with E-state index >= 15 is 0 Å². The Morgan fingerprint density at radius 2 is 1.23 bits per heavy atom. The van der Waals surface area contributed by atoms with E-state index in [9.17, 15) is 53.4 Å². The first-order valence-corrected chi connectivity index (χ1v) is 20.3. The molecule has 24 heteroatoms. The number of rotatable bonds is 28. The quantitative estimate of drug-likeness (QED) is 0.0174. The van der Waals surface area contributed by atoms with Crippen molar-refractivity contribution in [1.82, 2.24) is 36.9 Å². The molecule has 0 spiro atoms. The Labute approximate surface area is 362 Å². The number of aliphatic carboxylic acids is 2. The molecule has 1 aromatic heterocycles. The van der Waals surface area contributed by atoms with E-state index in [4.69, 9.17) is 22.9 Å². The van der Waals surface area contributed by atoms with Crippen LogP contribution in [0.25, 0.3) is 10.9 Å². The standard InChI is InChI=1S/C38H58N12O11S/c1-19(2)14-26(35(58)50-28(18-62)37(60)61)48-34(57)25(10-12-31(53)54)47-36(59)27(15-20-17-44-22-7-4-3-6-21(20)22)49-33(56)24(9-11-29(40)51)46-32(55)23(45-30(52)16-39)8-5-13-43-38(41)42/h3-4,6-7,17,19,23-28,44,62H,5,8-16,18,39H2,1-2H3,(H2,40,51)(H,45,52)(H,46,55)(H,47,59)(H,48,57)(H,49,56)(H,50,58)(H,53,54)(H,60,61)(H4,41,42,43)/t23-,24-,25-,26-,27-,28-/m0/s1. The third-order valence-corrected chi connectivity index (χ3v) is 9.61. The van der Waals surface area contributed by atoms with Crippen LogP contribution in [0.5, 0.6) is 0 Å². The number of nitrogens with one attached hydrogen (secondary N) is 7. The minimum Gasteiger partial charge on any atom is -0.481 e. The molecule has 342 valence electrons. The van der Waals surface area contributed by atoms with Crippen LogP contribution in [0.2, 0.25) is 0 Å². The minimum absolute atomic E-state index is 0.00107. The summed E-state index contributed by atoms with van der Waals surface area (Å²) in [6.45, 7) is 3.11. The number of carboxylic acids is 2. The van der Waals surface area contributed by atoms with E-state index in [-0.39, 0.29) is 56.3 Å². The van der Waals surface area contributed by atoms with Crippen molar-refractivity contribution in [3.8, 4) is 0 Å². The third kappa shape index (κ3) is 18.0. The van der Waals surface area contributed by atoms with Gasteiger partial charge in [0, 0.05) is 48.7 Å². The lowest BCUT2D eigenvalue weighted by Crippen LogP contribution is -2.60. The number of aromatic nitrogens is 1. The smallest absolute Gasteiger partial charge is 0.327 e. The first-order chi connectivity index (χ1) is 29.2. The van der Waals surface area contributed by atoms with Crippen LogP contribution in [0.15, 0.2) is 35.5 Å². The molecular formula is C38H58N12O11S. The Morgan fingerprint density at radius 1 is 0.710 bits per heavy atom. The van der Waals surface area contributed by atoms with Crippen LogP contribution in [-0.2, 0) is 49.6 Å². The number of hydrogen-bond donors (Lipinski definition) is 14. The van der Waals surface area contributed by atoms with Crippen LogP contribution in [0.4, 0.5) is 0 Å². The number of carbonyl (C=O) groups excluding carboxylic acids is 7. The number of benzene rings is 1. The lowest BCUT2D eigenvalue weighted by atomic mass is 10.0. The van der Waals surface area contributed by atoms with Crippen molar-refractivity contribution < 1.29 is 53.4 Å². The molecule has 0 radical (unpaired) electrons. The van der Waals surface area contributed by atoms with Gasteiger partial charge < -0.3 is 70.0 Å². The lowest BCUT2D eigenvalue weighted by Gasteiger charge is -2.27. The summed E-state index contributed by atoms with van der Waals surface area (Å²) >= 11 is 3.95. The zero-order chi connectivity index (χ0) is 46.5. The van der Waals surface area contributed by atoms with E-state index in [0.29, 0.717) is 16.5 Å². The van der Waals surface area contributed by atoms with E-state index < -0.39 is 115 Å². The Hall–Kier alpha value is -6.43. The molecule has 0 saturated carbocycles. The lowest BCUT2D eigenvalue weighted by molar-refractivity contribution is -0.141. The topological polar surface area (TPSA) is 398 Å². The number of aromatic amines is 1. The zero-order valence-corrected chi connectivity index (χ0v) is 35.4. The molecule has 0 saturated heterocycles. The molecule has 0 fully saturated rings. The molecule has 2 rings (SSSR count). The van der Waals surface area contributed by atoms with Gasteiger partial charge in [0.15, 0.2) is 5.96 Å². The van der Waals surface area contributed by atoms with Crippen LogP contribution in [0.3, 0.4) is 0 Å². The van der Waals surface area contributed by atoms with E-state index in [2.05, 4.69) is 54.5 Å². The van der Waals surface area contributed by atoms with Crippen LogP contribution in [0.1, 0.15) is 64.4 Å².